The SMILES string of the molecule is CCC(C)(C)OC(O)c1cc(C(=O)[N+](=O)[O-])cc(C(O)OC(C)(CC)CC)c1. The number of rotatable bonds is 10. The first-order valence-corrected chi connectivity index (χ1v) is 9.43. The lowest BCUT2D eigenvalue weighted by atomic mass is 9.99. The zero-order valence-corrected chi connectivity index (χ0v) is 17.4. The summed E-state index contributed by atoms with van der Waals surface area (Å²) in [5.74, 6) is -1.34. The molecular weight excluding hydrogens is 366 g/mol. The number of carbonyl (C=O) groups is 1. The van der Waals surface area contributed by atoms with Crippen molar-refractivity contribution in [3.05, 3.63) is 45.0 Å². The first-order valence-electron chi connectivity index (χ1n) is 9.43. The van der Waals surface area contributed by atoms with Crippen molar-refractivity contribution in [2.24, 2.45) is 0 Å². The van der Waals surface area contributed by atoms with Crippen LogP contribution in [-0.2, 0) is 9.47 Å². The van der Waals surface area contributed by atoms with E-state index >= 15 is 0 Å². The normalized spacial score (nSPS) is 14.6. The third kappa shape index (κ3) is 6.34. The molecule has 1 aromatic carbocycles. The van der Waals surface area contributed by atoms with Crippen molar-refractivity contribution in [2.45, 2.75) is 84.6 Å². The van der Waals surface area contributed by atoms with Gasteiger partial charge in [0, 0.05) is 11.1 Å². The van der Waals surface area contributed by atoms with Crippen LogP contribution in [0.25, 0.3) is 0 Å². The number of aliphatic hydroxyl groups is 2. The van der Waals surface area contributed by atoms with E-state index in [-0.39, 0.29) is 16.7 Å². The third-order valence-electron chi connectivity index (χ3n) is 5.13. The number of carbonyl (C=O) groups excluding carboxylic acids is 1. The summed E-state index contributed by atoms with van der Waals surface area (Å²) in [4.78, 5) is 21.8. The minimum atomic E-state index is -1.43. The van der Waals surface area contributed by atoms with E-state index in [1.54, 1.807) is 13.8 Å². The molecule has 158 valence electrons. The van der Waals surface area contributed by atoms with E-state index in [0.29, 0.717) is 19.3 Å². The molecule has 0 aromatic heterocycles. The molecule has 2 unspecified atom stereocenters. The van der Waals surface area contributed by atoms with E-state index in [2.05, 4.69) is 0 Å². The van der Waals surface area contributed by atoms with Crippen molar-refractivity contribution in [1.29, 1.82) is 0 Å². The molecule has 28 heavy (non-hydrogen) atoms. The van der Waals surface area contributed by atoms with Crippen LogP contribution >= 0.6 is 0 Å². The Morgan fingerprint density at radius 2 is 1.46 bits per heavy atom. The smallest absolute Gasteiger partial charge is 0.364 e. The molecule has 1 amide bonds. The standard InChI is InChI=1S/C20H31NO7/c1-7-19(4,5)27-17(23)14-10-13(16(22)21(25)26)11-15(12-14)18(24)28-20(6,8-2)9-3/h10-12,17-18,23-24H,7-9H2,1-6H3. The molecule has 0 aliphatic rings. The van der Waals surface area contributed by atoms with E-state index in [1.165, 1.54) is 18.2 Å². The number of hydrogen-bond acceptors (Lipinski definition) is 7. The van der Waals surface area contributed by atoms with E-state index in [4.69, 9.17) is 9.47 Å². The topological polar surface area (TPSA) is 119 Å². The molecule has 0 saturated heterocycles. The number of amides is 1. The highest BCUT2D eigenvalue weighted by molar-refractivity contribution is 5.88. The maximum atomic E-state index is 11.9. The maximum Gasteiger partial charge on any atom is 0.476 e. The van der Waals surface area contributed by atoms with E-state index in [9.17, 15) is 25.1 Å². The fraction of sp³-hybridized carbons (Fsp3) is 0.650. The monoisotopic (exact) mass is 397 g/mol. The third-order valence-corrected chi connectivity index (χ3v) is 5.13. The van der Waals surface area contributed by atoms with Gasteiger partial charge in [-0.1, -0.05) is 20.8 Å². The Balaban J connectivity index is 3.34. The van der Waals surface area contributed by atoms with Gasteiger partial charge in [-0.05, 0) is 58.2 Å². The fourth-order valence-electron chi connectivity index (χ4n) is 2.40. The van der Waals surface area contributed by atoms with E-state index < -0.39 is 34.6 Å². The second kappa shape index (κ2) is 9.56. The minimum Gasteiger partial charge on any atom is -0.364 e. The summed E-state index contributed by atoms with van der Waals surface area (Å²) in [6.45, 7) is 11.1. The van der Waals surface area contributed by atoms with Gasteiger partial charge in [-0.25, -0.2) is 4.79 Å². The summed E-state index contributed by atoms with van der Waals surface area (Å²) in [6.07, 6.45) is -0.963. The van der Waals surface area contributed by atoms with Crippen molar-refractivity contribution >= 4 is 5.91 Å². The molecule has 1 rings (SSSR count). The summed E-state index contributed by atoms with van der Waals surface area (Å²) in [5, 5.41) is 31.9. The molecule has 0 saturated carbocycles. The molecule has 0 fully saturated rings. The predicted octanol–water partition coefficient (Wildman–Crippen LogP) is 3.89. The first-order chi connectivity index (χ1) is 12.9. The fourth-order valence-corrected chi connectivity index (χ4v) is 2.40. The van der Waals surface area contributed by atoms with Crippen LogP contribution in [0.4, 0.5) is 0 Å². The minimum absolute atomic E-state index is 0.126. The molecule has 0 aliphatic carbocycles. The van der Waals surface area contributed by atoms with Crippen molar-refractivity contribution in [3.8, 4) is 0 Å². The highest BCUT2D eigenvalue weighted by Gasteiger charge is 2.29. The van der Waals surface area contributed by atoms with Gasteiger partial charge < -0.3 is 19.7 Å². The molecule has 2 atom stereocenters. The Morgan fingerprint density at radius 1 is 1.00 bits per heavy atom. The Morgan fingerprint density at radius 3 is 1.86 bits per heavy atom. The Bertz CT molecular complexity index is 698. The molecule has 8 heteroatoms. The Kier molecular flexibility index (Phi) is 8.25. The lowest BCUT2D eigenvalue weighted by Gasteiger charge is -2.31. The van der Waals surface area contributed by atoms with Gasteiger partial charge in [0.25, 0.3) is 0 Å². The van der Waals surface area contributed by atoms with Crippen LogP contribution in [0, 0.1) is 10.1 Å². The maximum absolute atomic E-state index is 11.9. The van der Waals surface area contributed by atoms with Crippen LogP contribution in [0.2, 0.25) is 0 Å². The number of aliphatic hydroxyl groups excluding tert-OH is 2. The van der Waals surface area contributed by atoms with Gasteiger partial charge in [0.15, 0.2) is 12.6 Å². The molecule has 2 N–H and O–H groups in total. The molecule has 0 spiro atoms. The zero-order chi connectivity index (χ0) is 21.7. The van der Waals surface area contributed by atoms with Gasteiger partial charge in [-0.15, -0.1) is 0 Å². The van der Waals surface area contributed by atoms with Crippen LogP contribution < -0.4 is 0 Å². The quantitative estimate of drug-likeness (QED) is 0.349. The first kappa shape index (κ1) is 24.2. The van der Waals surface area contributed by atoms with Gasteiger partial charge in [-0.2, -0.15) is 0 Å². The van der Waals surface area contributed by atoms with Crippen LogP contribution in [-0.4, -0.2) is 32.2 Å². The number of nitrogens with zero attached hydrogens (tertiary/aromatic N) is 1. The summed E-state index contributed by atoms with van der Waals surface area (Å²) in [5.41, 5.74) is -1.27. The van der Waals surface area contributed by atoms with Crippen molar-refractivity contribution < 1.29 is 29.4 Å². The van der Waals surface area contributed by atoms with E-state index in [0.717, 1.165) is 0 Å². The lowest BCUT2D eigenvalue weighted by molar-refractivity contribution is -0.375. The zero-order valence-electron chi connectivity index (χ0n) is 17.4. The molecule has 0 bridgehead atoms. The van der Waals surface area contributed by atoms with Crippen LogP contribution in [0.1, 0.15) is 94.9 Å². The highest BCUT2D eigenvalue weighted by Crippen LogP contribution is 2.31. The highest BCUT2D eigenvalue weighted by atomic mass is 16.6. The van der Waals surface area contributed by atoms with Gasteiger partial charge in [0.05, 0.1) is 16.8 Å². The molecule has 0 heterocycles. The molecular formula is C20H31NO7. The second-order valence-electron chi connectivity index (χ2n) is 7.66. The Hall–Kier alpha value is -1.87. The largest absolute Gasteiger partial charge is 0.476 e. The second-order valence-corrected chi connectivity index (χ2v) is 7.66. The van der Waals surface area contributed by atoms with Crippen molar-refractivity contribution in [3.63, 3.8) is 0 Å². The summed E-state index contributed by atoms with van der Waals surface area (Å²) in [7, 11) is 0. The van der Waals surface area contributed by atoms with Gasteiger partial charge >= 0.3 is 5.91 Å². The summed E-state index contributed by atoms with van der Waals surface area (Å²) in [6, 6.07) is 3.81. The van der Waals surface area contributed by atoms with Crippen molar-refractivity contribution in [1.82, 2.24) is 0 Å². The van der Waals surface area contributed by atoms with Crippen LogP contribution in [0.15, 0.2) is 18.2 Å². The summed E-state index contributed by atoms with van der Waals surface area (Å²) < 4.78 is 11.3. The average molecular weight is 397 g/mol. The number of nitro groups is 1. The van der Waals surface area contributed by atoms with Crippen LogP contribution in [0.5, 0.6) is 0 Å². The molecule has 0 aliphatic heterocycles. The van der Waals surface area contributed by atoms with Gasteiger partial charge in [0.1, 0.15) is 4.92 Å². The van der Waals surface area contributed by atoms with Gasteiger partial charge in [-0.3, -0.25) is 10.1 Å². The lowest BCUT2D eigenvalue weighted by Crippen LogP contribution is -2.29. The van der Waals surface area contributed by atoms with Crippen molar-refractivity contribution in [2.75, 3.05) is 0 Å². The van der Waals surface area contributed by atoms with Gasteiger partial charge in [0.2, 0.25) is 0 Å². The number of ether oxygens (including phenoxy) is 2. The predicted molar refractivity (Wildman–Crippen MR) is 103 cm³/mol. The van der Waals surface area contributed by atoms with Crippen LogP contribution in [0.3, 0.4) is 0 Å². The number of hydrogen-bond donors (Lipinski definition) is 2. The average Bonchev–Trinajstić information content (AvgIpc) is 2.66. The summed E-state index contributed by atoms with van der Waals surface area (Å²) >= 11 is 0. The molecule has 8 nitrogen and oxygen atoms in total. The van der Waals surface area contributed by atoms with E-state index in [1.807, 2.05) is 27.7 Å². The number of benzene rings is 1. The molecule has 1 aromatic rings. The Labute approximate surface area is 165 Å². The molecule has 0 radical (unpaired) electrons.